The van der Waals surface area contributed by atoms with Crippen molar-refractivity contribution in [1.82, 2.24) is 9.80 Å². The predicted molar refractivity (Wildman–Crippen MR) is 178 cm³/mol. The maximum Gasteiger partial charge on any atom is 0.210 e. The van der Waals surface area contributed by atoms with Gasteiger partial charge in [0.15, 0.2) is 34.5 Å². The van der Waals surface area contributed by atoms with Crippen molar-refractivity contribution >= 4 is 6.41 Å². The Morgan fingerprint density at radius 1 is 0.702 bits per heavy atom. The van der Waals surface area contributed by atoms with Crippen molar-refractivity contribution in [3.05, 3.63) is 94.0 Å². The minimum Gasteiger partial charge on any atom is -0.493 e. The summed E-state index contributed by atoms with van der Waals surface area (Å²) in [5.41, 5.74) is 6.51. The summed E-state index contributed by atoms with van der Waals surface area (Å²) >= 11 is 0. The smallest absolute Gasteiger partial charge is 0.210 e. The molecule has 47 heavy (non-hydrogen) atoms. The van der Waals surface area contributed by atoms with Crippen LogP contribution in [0.4, 0.5) is 0 Å². The first-order valence-electron chi connectivity index (χ1n) is 16.0. The maximum absolute atomic E-state index is 12.4. The molecule has 0 unspecified atom stereocenters. The first-order chi connectivity index (χ1) is 22.9. The molecule has 4 aliphatic heterocycles. The zero-order valence-electron chi connectivity index (χ0n) is 27.5. The summed E-state index contributed by atoms with van der Waals surface area (Å²) in [5, 5.41) is 0. The molecule has 8 rings (SSSR count). The summed E-state index contributed by atoms with van der Waals surface area (Å²) in [4.78, 5) is 16.6. The highest BCUT2D eigenvalue weighted by Gasteiger charge is 2.35. The molecular weight excluding hydrogens is 596 g/mol. The quantitative estimate of drug-likeness (QED) is 0.224. The van der Waals surface area contributed by atoms with E-state index in [2.05, 4.69) is 48.3 Å². The van der Waals surface area contributed by atoms with Crippen LogP contribution in [0.1, 0.15) is 45.5 Å². The summed E-state index contributed by atoms with van der Waals surface area (Å²) in [6.07, 6.45) is 3.80. The zero-order chi connectivity index (χ0) is 32.7. The number of hydrogen-bond donors (Lipinski definition) is 0. The van der Waals surface area contributed by atoms with E-state index in [1.165, 1.54) is 0 Å². The fourth-order valence-corrected chi connectivity index (χ4v) is 7.26. The van der Waals surface area contributed by atoms with Gasteiger partial charge < -0.3 is 33.3 Å². The van der Waals surface area contributed by atoms with E-state index in [4.69, 9.17) is 28.4 Å². The number of nitrogens with zero attached hydrogens (tertiary/aromatic N) is 2. The third-order valence-electron chi connectivity index (χ3n) is 9.76. The van der Waals surface area contributed by atoms with Gasteiger partial charge in [-0.25, -0.2) is 0 Å². The third kappa shape index (κ3) is 5.58. The van der Waals surface area contributed by atoms with Crippen LogP contribution in [0.15, 0.2) is 60.7 Å². The molecule has 0 aromatic heterocycles. The number of hydrogen-bond acceptors (Lipinski definition) is 8. The minimum absolute atomic E-state index is 0.0464. The van der Waals surface area contributed by atoms with Crippen LogP contribution in [0.5, 0.6) is 46.0 Å². The van der Waals surface area contributed by atoms with E-state index >= 15 is 0 Å². The summed E-state index contributed by atoms with van der Waals surface area (Å²) in [6, 6.07) is 20.1. The van der Waals surface area contributed by atoms with Crippen molar-refractivity contribution in [2.75, 3.05) is 48.6 Å². The fourth-order valence-electron chi connectivity index (χ4n) is 7.26. The molecular formula is C38H40N2O7. The Balaban J connectivity index is 1.47. The van der Waals surface area contributed by atoms with Gasteiger partial charge in [0.25, 0.3) is 0 Å². The number of benzene rings is 4. The van der Waals surface area contributed by atoms with Crippen molar-refractivity contribution in [2.45, 2.75) is 37.8 Å². The zero-order valence-corrected chi connectivity index (χ0v) is 27.5. The van der Waals surface area contributed by atoms with Crippen molar-refractivity contribution in [1.29, 1.82) is 0 Å². The lowest BCUT2D eigenvalue weighted by atomic mass is 9.87. The number of fused-ring (bicyclic) bond motifs is 2. The van der Waals surface area contributed by atoms with Crippen molar-refractivity contribution < 1.29 is 33.2 Å². The molecule has 6 bridgehead atoms. The predicted octanol–water partition coefficient (Wildman–Crippen LogP) is 6.69. The van der Waals surface area contributed by atoms with Gasteiger partial charge in [0.1, 0.15) is 5.75 Å². The van der Waals surface area contributed by atoms with Gasteiger partial charge in [-0.15, -0.1) is 0 Å². The van der Waals surface area contributed by atoms with E-state index in [9.17, 15) is 4.79 Å². The second kappa shape index (κ2) is 12.7. The summed E-state index contributed by atoms with van der Waals surface area (Å²) < 4.78 is 36.9. The van der Waals surface area contributed by atoms with Crippen LogP contribution in [-0.4, -0.2) is 64.8 Å². The number of ether oxygens (including phenoxy) is 6. The van der Waals surface area contributed by atoms with Gasteiger partial charge in [-0.3, -0.25) is 9.69 Å². The molecule has 9 nitrogen and oxygen atoms in total. The number of carbonyl (C=O) groups is 1. The first-order valence-corrected chi connectivity index (χ1v) is 16.0. The molecule has 0 saturated heterocycles. The summed E-state index contributed by atoms with van der Waals surface area (Å²) in [7, 11) is 8.73. The summed E-state index contributed by atoms with van der Waals surface area (Å²) in [5.74, 6) is 4.91. The molecule has 4 aromatic rings. The lowest BCUT2D eigenvalue weighted by Gasteiger charge is -2.37. The van der Waals surface area contributed by atoms with Crippen LogP contribution in [0, 0.1) is 0 Å². The van der Waals surface area contributed by atoms with Gasteiger partial charge in [0.2, 0.25) is 12.2 Å². The molecule has 0 fully saturated rings. The third-order valence-corrected chi connectivity index (χ3v) is 9.76. The molecule has 1 amide bonds. The van der Waals surface area contributed by atoms with Crippen LogP contribution < -0.4 is 28.4 Å². The van der Waals surface area contributed by atoms with Crippen LogP contribution in [-0.2, 0) is 30.5 Å². The second-order valence-electron chi connectivity index (χ2n) is 12.3. The van der Waals surface area contributed by atoms with E-state index in [1.54, 1.807) is 28.4 Å². The Kier molecular flexibility index (Phi) is 8.32. The molecule has 4 aromatic carbocycles. The second-order valence-corrected chi connectivity index (χ2v) is 12.3. The highest BCUT2D eigenvalue weighted by Crippen LogP contribution is 2.52. The normalized spacial score (nSPS) is 18.5. The van der Waals surface area contributed by atoms with Gasteiger partial charge in [-0.2, -0.15) is 0 Å². The fraction of sp³-hybridized carbons (Fsp3) is 0.342. The number of carbonyl (C=O) groups excluding carboxylic acids is 1. The Hall–Kier alpha value is -4.89. The average molecular weight is 637 g/mol. The van der Waals surface area contributed by atoms with Gasteiger partial charge in [-0.1, -0.05) is 18.2 Å². The molecule has 0 radical (unpaired) electrons. The lowest BCUT2D eigenvalue weighted by molar-refractivity contribution is -0.120. The molecule has 4 aliphatic rings. The molecule has 9 heteroatoms. The molecule has 2 atom stereocenters. The standard InChI is InChI=1S/C38H40N2O7/c1-39-14-12-26-20-35(44-4)37(45-5)38-36(26)30(39)17-24-8-11-31(42-2)33(18-24)46-27-9-6-23(7-10-27)16-29-28-21-34(47-38)32(43-3)19-25(28)13-15-40(29)22-41/h6-11,18-22,29-30H,12-17H2,1-5H3/t29-,30+/m0/s1. The van der Waals surface area contributed by atoms with E-state index in [1.807, 2.05) is 29.2 Å². The first kappa shape index (κ1) is 30.7. The molecule has 0 aliphatic carbocycles. The topological polar surface area (TPSA) is 78.9 Å². The number of amides is 1. The average Bonchev–Trinajstić information content (AvgIpc) is 3.09. The van der Waals surface area contributed by atoms with Crippen molar-refractivity contribution in [2.24, 2.45) is 0 Å². The van der Waals surface area contributed by atoms with Crippen LogP contribution in [0.3, 0.4) is 0 Å². The number of rotatable bonds is 5. The van der Waals surface area contributed by atoms with Crippen molar-refractivity contribution in [3.63, 3.8) is 0 Å². The molecule has 0 spiro atoms. The van der Waals surface area contributed by atoms with E-state index in [0.717, 1.165) is 59.2 Å². The Labute approximate surface area is 275 Å². The highest BCUT2D eigenvalue weighted by atomic mass is 16.5. The van der Waals surface area contributed by atoms with Gasteiger partial charge in [0.05, 0.1) is 34.5 Å². The monoisotopic (exact) mass is 636 g/mol. The largest absolute Gasteiger partial charge is 0.493 e. The Morgan fingerprint density at radius 2 is 1.38 bits per heavy atom. The molecule has 0 saturated carbocycles. The Morgan fingerprint density at radius 3 is 2.11 bits per heavy atom. The Bertz CT molecular complexity index is 1810. The van der Waals surface area contributed by atoms with Gasteiger partial charge in [-0.05, 0) is 103 Å². The highest BCUT2D eigenvalue weighted by molar-refractivity contribution is 5.64. The number of methoxy groups -OCH3 is 4. The molecule has 0 N–H and O–H groups in total. The number of likely N-dealkylation sites (N-methyl/N-ethyl adjacent to an activating group) is 1. The van der Waals surface area contributed by atoms with Gasteiger partial charge >= 0.3 is 0 Å². The lowest BCUT2D eigenvalue weighted by Crippen LogP contribution is -2.35. The van der Waals surface area contributed by atoms with E-state index in [0.29, 0.717) is 65.4 Å². The van der Waals surface area contributed by atoms with E-state index < -0.39 is 0 Å². The van der Waals surface area contributed by atoms with Crippen LogP contribution >= 0.6 is 0 Å². The van der Waals surface area contributed by atoms with E-state index in [-0.39, 0.29) is 12.1 Å². The van der Waals surface area contributed by atoms with Crippen LogP contribution in [0.25, 0.3) is 0 Å². The summed E-state index contributed by atoms with van der Waals surface area (Å²) in [6.45, 7) is 1.48. The molecule has 4 heterocycles. The SMILES string of the molecule is COc1ccc2cc1Oc1ccc(cc1)C[C@H]1c3cc(c(OC)cc3CCN1C=O)Oc1c(OC)c(OC)cc3c1[C@@H](C2)N(C)CC3. The van der Waals surface area contributed by atoms with Crippen molar-refractivity contribution in [3.8, 4) is 46.0 Å². The molecule has 244 valence electrons. The minimum atomic E-state index is -0.188. The van der Waals surface area contributed by atoms with Crippen LogP contribution in [0.2, 0.25) is 0 Å². The van der Waals surface area contributed by atoms with Gasteiger partial charge in [0, 0.05) is 24.7 Å². The maximum atomic E-state index is 12.4.